The predicted octanol–water partition coefficient (Wildman–Crippen LogP) is 0.396. The van der Waals surface area contributed by atoms with Gasteiger partial charge in [0, 0.05) is 32.2 Å². The number of rotatable bonds is 3. The van der Waals surface area contributed by atoms with Crippen molar-refractivity contribution in [1.82, 2.24) is 4.90 Å². The third-order valence-electron chi connectivity index (χ3n) is 3.32. The maximum absolute atomic E-state index is 11.8. The zero-order valence-corrected chi connectivity index (χ0v) is 9.02. The summed E-state index contributed by atoms with van der Waals surface area (Å²) in [6, 6.07) is 0. The Labute approximate surface area is 90.2 Å². The van der Waals surface area contributed by atoms with E-state index in [1.165, 1.54) is 0 Å². The van der Waals surface area contributed by atoms with Crippen LogP contribution in [0, 0.1) is 5.92 Å². The van der Waals surface area contributed by atoms with Gasteiger partial charge in [-0.3, -0.25) is 4.79 Å². The molecule has 0 radical (unpaired) electrons. The largest absolute Gasteiger partial charge is 0.396 e. The van der Waals surface area contributed by atoms with Crippen LogP contribution >= 0.6 is 0 Å². The number of likely N-dealkylation sites (tertiary alicyclic amines) is 1. The summed E-state index contributed by atoms with van der Waals surface area (Å²) >= 11 is 0. The fourth-order valence-corrected chi connectivity index (χ4v) is 2.34. The van der Waals surface area contributed by atoms with Gasteiger partial charge in [-0.2, -0.15) is 0 Å². The number of carbonyl (C=O) groups excluding carboxylic acids is 1. The highest BCUT2D eigenvalue weighted by molar-refractivity contribution is 5.77. The predicted molar refractivity (Wildman–Crippen MR) is 55.4 cm³/mol. The fourth-order valence-electron chi connectivity index (χ4n) is 2.34. The van der Waals surface area contributed by atoms with E-state index >= 15 is 0 Å². The maximum Gasteiger partial charge on any atom is 0.225 e. The standard InChI is InChI=1S/C11H19NO3/c13-8-9-3-4-12(7-9)11(14)6-10-2-1-5-15-10/h9-10,13H,1-8H2. The molecule has 2 aliphatic heterocycles. The summed E-state index contributed by atoms with van der Waals surface area (Å²) in [5.41, 5.74) is 0. The summed E-state index contributed by atoms with van der Waals surface area (Å²) in [5, 5.41) is 8.99. The Morgan fingerprint density at radius 1 is 1.47 bits per heavy atom. The smallest absolute Gasteiger partial charge is 0.225 e. The van der Waals surface area contributed by atoms with Crippen LogP contribution in [0.4, 0.5) is 0 Å². The molecule has 0 spiro atoms. The van der Waals surface area contributed by atoms with Crippen LogP contribution in [0.5, 0.6) is 0 Å². The van der Waals surface area contributed by atoms with Gasteiger partial charge in [-0.1, -0.05) is 0 Å². The van der Waals surface area contributed by atoms with Crippen LogP contribution in [0.25, 0.3) is 0 Å². The van der Waals surface area contributed by atoms with Gasteiger partial charge in [-0.15, -0.1) is 0 Å². The maximum atomic E-state index is 11.8. The van der Waals surface area contributed by atoms with Gasteiger partial charge < -0.3 is 14.7 Å². The van der Waals surface area contributed by atoms with E-state index in [1.807, 2.05) is 4.90 Å². The van der Waals surface area contributed by atoms with E-state index in [4.69, 9.17) is 9.84 Å². The molecule has 2 heterocycles. The van der Waals surface area contributed by atoms with Crippen LogP contribution < -0.4 is 0 Å². The van der Waals surface area contributed by atoms with Crippen LogP contribution in [0.3, 0.4) is 0 Å². The quantitative estimate of drug-likeness (QED) is 0.738. The molecule has 2 unspecified atom stereocenters. The Bertz CT molecular complexity index is 226. The SMILES string of the molecule is O=C(CC1CCCO1)N1CCC(CO)C1. The van der Waals surface area contributed by atoms with Crippen molar-refractivity contribution in [1.29, 1.82) is 0 Å². The van der Waals surface area contributed by atoms with Crippen LogP contribution in [-0.4, -0.2) is 48.3 Å². The number of hydrogen-bond acceptors (Lipinski definition) is 3. The van der Waals surface area contributed by atoms with Crippen molar-refractivity contribution in [2.75, 3.05) is 26.3 Å². The molecule has 0 aromatic carbocycles. The minimum atomic E-state index is 0.144. The van der Waals surface area contributed by atoms with E-state index in [0.29, 0.717) is 12.3 Å². The van der Waals surface area contributed by atoms with Crippen molar-refractivity contribution in [3.63, 3.8) is 0 Å². The minimum Gasteiger partial charge on any atom is -0.396 e. The van der Waals surface area contributed by atoms with E-state index in [1.54, 1.807) is 0 Å². The van der Waals surface area contributed by atoms with Crippen LogP contribution in [0.2, 0.25) is 0 Å². The molecule has 86 valence electrons. The lowest BCUT2D eigenvalue weighted by molar-refractivity contribution is -0.132. The third kappa shape index (κ3) is 2.69. The zero-order chi connectivity index (χ0) is 10.7. The van der Waals surface area contributed by atoms with E-state index in [-0.39, 0.29) is 18.6 Å². The summed E-state index contributed by atoms with van der Waals surface area (Å²) in [7, 11) is 0. The summed E-state index contributed by atoms with van der Waals surface area (Å²) < 4.78 is 5.44. The molecule has 0 aromatic rings. The summed E-state index contributed by atoms with van der Waals surface area (Å²) in [5.74, 6) is 0.483. The van der Waals surface area contributed by atoms with E-state index in [2.05, 4.69) is 0 Å². The molecule has 4 nitrogen and oxygen atoms in total. The summed E-state index contributed by atoms with van der Waals surface area (Å²) in [6.07, 6.45) is 3.71. The number of aliphatic hydroxyl groups excluding tert-OH is 1. The van der Waals surface area contributed by atoms with E-state index in [9.17, 15) is 4.79 Å². The highest BCUT2D eigenvalue weighted by Crippen LogP contribution is 2.20. The molecule has 2 atom stereocenters. The van der Waals surface area contributed by atoms with Crippen molar-refractivity contribution in [3.05, 3.63) is 0 Å². The van der Waals surface area contributed by atoms with E-state index in [0.717, 1.165) is 39.0 Å². The Balaban J connectivity index is 1.76. The summed E-state index contributed by atoms with van der Waals surface area (Å²) in [6.45, 7) is 2.53. The molecule has 0 aromatic heterocycles. The number of ether oxygens (including phenoxy) is 1. The number of aliphatic hydroxyl groups is 1. The average molecular weight is 213 g/mol. The number of amides is 1. The minimum absolute atomic E-state index is 0.144. The van der Waals surface area contributed by atoms with Gasteiger partial charge in [-0.05, 0) is 19.3 Å². The molecule has 0 bridgehead atoms. The van der Waals surface area contributed by atoms with Gasteiger partial charge in [0.2, 0.25) is 5.91 Å². The molecule has 1 amide bonds. The molecular weight excluding hydrogens is 194 g/mol. The van der Waals surface area contributed by atoms with Gasteiger partial charge in [0.15, 0.2) is 0 Å². The summed E-state index contributed by atoms with van der Waals surface area (Å²) in [4.78, 5) is 13.7. The molecule has 4 heteroatoms. The molecule has 2 fully saturated rings. The third-order valence-corrected chi connectivity index (χ3v) is 3.32. The first-order valence-electron chi connectivity index (χ1n) is 5.80. The van der Waals surface area contributed by atoms with Gasteiger partial charge in [0.25, 0.3) is 0 Å². The first kappa shape index (κ1) is 10.9. The number of nitrogens with zero attached hydrogens (tertiary/aromatic N) is 1. The second-order valence-corrected chi connectivity index (χ2v) is 4.52. The van der Waals surface area contributed by atoms with Crippen molar-refractivity contribution in [2.45, 2.75) is 31.8 Å². The number of hydrogen-bond donors (Lipinski definition) is 1. The van der Waals surface area contributed by atoms with Crippen molar-refractivity contribution < 1.29 is 14.6 Å². The molecule has 1 N–H and O–H groups in total. The molecule has 2 rings (SSSR count). The second-order valence-electron chi connectivity index (χ2n) is 4.52. The first-order valence-corrected chi connectivity index (χ1v) is 5.80. The highest BCUT2D eigenvalue weighted by atomic mass is 16.5. The van der Waals surface area contributed by atoms with Crippen molar-refractivity contribution >= 4 is 5.91 Å². The molecule has 0 aliphatic carbocycles. The lowest BCUT2D eigenvalue weighted by Crippen LogP contribution is -2.31. The van der Waals surface area contributed by atoms with Gasteiger partial charge in [0.05, 0.1) is 12.5 Å². The lowest BCUT2D eigenvalue weighted by Gasteiger charge is -2.18. The fraction of sp³-hybridized carbons (Fsp3) is 0.909. The molecule has 2 aliphatic rings. The normalized spacial score (nSPS) is 31.1. The molecule has 2 saturated heterocycles. The van der Waals surface area contributed by atoms with Gasteiger partial charge in [0.1, 0.15) is 0 Å². The first-order chi connectivity index (χ1) is 7.29. The second kappa shape index (κ2) is 4.94. The van der Waals surface area contributed by atoms with E-state index < -0.39 is 0 Å². The highest BCUT2D eigenvalue weighted by Gasteiger charge is 2.28. The van der Waals surface area contributed by atoms with Crippen LogP contribution in [-0.2, 0) is 9.53 Å². The van der Waals surface area contributed by atoms with Gasteiger partial charge in [-0.25, -0.2) is 0 Å². The van der Waals surface area contributed by atoms with Crippen molar-refractivity contribution in [2.24, 2.45) is 5.92 Å². The monoisotopic (exact) mass is 213 g/mol. The topological polar surface area (TPSA) is 49.8 Å². The Hall–Kier alpha value is -0.610. The lowest BCUT2D eigenvalue weighted by atomic mass is 10.1. The Kier molecular flexibility index (Phi) is 3.59. The van der Waals surface area contributed by atoms with Crippen molar-refractivity contribution in [3.8, 4) is 0 Å². The van der Waals surface area contributed by atoms with Gasteiger partial charge >= 0.3 is 0 Å². The Morgan fingerprint density at radius 3 is 2.93 bits per heavy atom. The zero-order valence-electron chi connectivity index (χ0n) is 9.02. The van der Waals surface area contributed by atoms with Crippen LogP contribution in [0.1, 0.15) is 25.7 Å². The average Bonchev–Trinajstić information content (AvgIpc) is 2.86. The molecular formula is C11H19NO3. The molecule has 0 saturated carbocycles. The van der Waals surface area contributed by atoms with Crippen LogP contribution in [0.15, 0.2) is 0 Å². The molecule has 15 heavy (non-hydrogen) atoms. The Morgan fingerprint density at radius 2 is 2.33 bits per heavy atom. The number of carbonyl (C=O) groups is 1.